The standard InChI is InChI=1S/C14H17FO3/c1-9(2)14(12(16)17-4)13(3,18-14)10-5-7-11(15)8-6-10/h5-9H,1-4H3. The molecule has 0 radical (unpaired) electrons. The van der Waals surface area contributed by atoms with Crippen molar-refractivity contribution in [2.75, 3.05) is 7.11 Å². The summed E-state index contributed by atoms with van der Waals surface area (Å²) in [7, 11) is 1.35. The average Bonchev–Trinajstić information content (AvgIpc) is 2.98. The Hall–Kier alpha value is -1.42. The summed E-state index contributed by atoms with van der Waals surface area (Å²) in [5.74, 6) is -0.722. The van der Waals surface area contributed by atoms with Crippen LogP contribution in [0.15, 0.2) is 24.3 Å². The number of carbonyl (C=O) groups excluding carboxylic acids is 1. The van der Waals surface area contributed by atoms with Crippen LogP contribution in [0.1, 0.15) is 26.3 Å². The van der Waals surface area contributed by atoms with E-state index >= 15 is 0 Å². The van der Waals surface area contributed by atoms with E-state index in [4.69, 9.17) is 9.47 Å². The summed E-state index contributed by atoms with van der Waals surface area (Å²) in [5, 5.41) is 0. The number of halogens is 1. The number of epoxide rings is 1. The van der Waals surface area contributed by atoms with Crippen LogP contribution in [0.4, 0.5) is 4.39 Å². The molecule has 1 heterocycles. The molecule has 0 spiro atoms. The molecule has 18 heavy (non-hydrogen) atoms. The lowest BCUT2D eigenvalue weighted by molar-refractivity contribution is -0.148. The highest BCUT2D eigenvalue weighted by molar-refractivity contribution is 5.85. The van der Waals surface area contributed by atoms with E-state index in [2.05, 4.69) is 0 Å². The van der Waals surface area contributed by atoms with Crippen LogP contribution in [0.2, 0.25) is 0 Å². The highest BCUT2D eigenvalue weighted by Crippen LogP contribution is 2.60. The zero-order valence-electron chi connectivity index (χ0n) is 11.0. The van der Waals surface area contributed by atoms with Crippen LogP contribution >= 0.6 is 0 Å². The van der Waals surface area contributed by atoms with Crippen LogP contribution in [0, 0.1) is 11.7 Å². The van der Waals surface area contributed by atoms with Crippen molar-refractivity contribution in [1.29, 1.82) is 0 Å². The van der Waals surface area contributed by atoms with E-state index in [9.17, 15) is 9.18 Å². The van der Waals surface area contributed by atoms with E-state index < -0.39 is 11.2 Å². The second kappa shape index (κ2) is 4.05. The van der Waals surface area contributed by atoms with Gasteiger partial charge in [-0.3, -0.25) is 0 Å². The zero-order valence-corrected chi connectivity index (χ0v) is 11.0. The van der Waals surface area contributed by atoms with Gasteiger partial charge in [0, 0.05) is 0 Å². The summed E-state index contributed by atoms with van der Waals surface area (Å²) in [4.78, 5) is 12.0. The van der Waals surface area contributed by atoms with Crippen molar-refractivity contribution in [2.45, 2.75) is 32.0 Å². The first kappa shape index (κ1) is 13.0. The van der Waals surface area contributed by atoms with Crippen molar-refractivity contribution in [2.24, 2.45) is 5.92 Å². The Bertz CT molecular complexity index is 468. The molecule has 1 aromatic rings. The molecule has 2 rings (SSSR count). The summed E-state index contributed by atoms with van der Waals surface area (Å²) in [5.41, 5.74) is -0.940. The minimum absolute atomic E-state index is 0.0278. The molecule has 4 heteroatoms. The third kappa shape index (κ3) is 1.56. The van der Waals surface area contributed by atoms with E-state index in [0.29, 0.717) is 0 Å². The van der Waals surface area contributed by atoms with Gasteiger partial charge in [0.2, 0.25) is 5.60 Å². The van der Waals surface area contributed by atoms with Gasteiger partial charge < -0.3 is 9.47 Å². The molecular weight excluding hydrogens is 235 g/mol. The van der Waals surface area contributed by atoms with Gasteiger partial charge in [-0.1, -0.05) is 26.0 Å². The Morgan fingerprint density at radius 1 is 1.33 bits per heavy atom. The highest BCUT2D eigenvalue weighted by atomic mass is 19.1. The van der Waals surface area contributed by atoms with E-state index in [1.54, 1.807) is 12.1 Å². The minimum atomic E-state index is -0.973. The summed E-state index contributed by atoms with van der Waals surface area (Å²) in [6, 6.07) is 6.01. The topological polar surface area (TPSA) is 38.8 Å². The van der Waals surface area contributed by atoms with Gasteiger partial charge in [0.25, 0.3) is 0 Å². The highest BCUT2D eigenvalue weighted by Gasteiger charge is 2.75. The van der Waals surface area contributed by atoms with Crippen molar-refractivity contribution in [3.05, 3.63) is 35.6 Å². The summed E-state index contributed by atoms with van der Waals surface area (Å²) in [6.07, 6.45) is 0. The van der Waals surface area contributed by atoms with Gasteiger partial charge in [0.05, 0.1) is 7.11 Å². The number of hydrogen-bond acceptors (Lipinski definition) is 3. The maximum absolute atomic E-state index is 12.9. The van der Waals surface area contributed by atoms with E-state index in [1.807, 2.05) is 20.8 Å². The van der Waals surface area contributed by atoms with Gasteiger partial charge in [0.15, 0.2) is 0 Å². The molecule has 1 aromatic carbocycles. The second-order valence-electron chi connectivity index (χ2n) is 5.02. The minimum Gasteiger partial charge on any atom is -0.467 e. The van der Waals surface area contributed by atoms with Crippen LogP contribution < -0.4 is 0 Å². The van der Waals surface area contributed by atoms with Crippen molar-refractivity contribution < 1.29 is 18.7 Å². The molecule has 3 nitrogen and oxygen atoms in total. The van der Waals surface area contributed by atoms with Crippen molar-refractivity contribution >= 4 is 5.97 Å². The van der Waals surface area contributed by atoms with Gasteiger partial charge in [-0.05, 0) is 30.5 Å². The van der Waals surface area contributed by atoms with E-state index in [0.717, 1.165) is 5.56 Å². The van der Waals surface area contributed by atoms with Gasteiger partial charge in [0.1, 0.15) is 11.4 Å². The molecule has 0 aliphatic carbocycles. The molecule has 2 unspecified atom stereocenters. The Morgan fingerprint density at radius 3 is 2.33 bits per heavy atom. The zero-order chi connectivity index (χ0) is 13.6. The van der Waals surface area contributed by atoms with E-state index in [1.165, 1.54) is 19.2 Å². The largest absolute Gasteiger partial charge is 0.467 e. The Labute approximate surface area is 106 Å². The van der Waals surface area contributed by atoms with Gasteiger partial charge in [-0.2, -0.15) is 0 Å². The maximum Gasteiger partial charge on any atom is 0.341 e. The quantitative estimate of drug-likeness (QED) is 0.613. The van der Waals surface area contributed by atoms with Crippen molar-refractivity contribution in [1.82, 2.24) is 0 Å². The fourth-order valence-corrected chi connectivity index (χ4v) is 2.63. The predicted molar refractivity (Wildman–Crippen MR) is 64.4 cm³/mol. The van der Waals surface area contributed by atoms with Gasteiger partial charge >= 0.3 is 5.97 Å². The predicted octanol–water partition coefficient (Wildman–Crippen LogP) is 2.64. The number of methoxy groups -OCH3 is 1. The first-order valence-electron chi connectivity index (χ1n) is 5.93. The van der Waals surface area contributed by atoms with Crippen LogP contribution in [0.25, 0.3) is 0 Å². The fourth-order valence-electron chi connectivity index (χ4n) is 2.63. The molecule has 2 atom stereocenters. The summed E-state index contributed by atoms with van der Waals surface area (Å²) >= 11 is 0. The van der Waals surface area contributed by atoms with Gasteiger partial charge in [-0.15, -0.1) is 0 Å². The number of rotatable bonds is 3. The maximum atomic E-state index is 12.9. The van der Waals surface area contributed by atoms with E-state index in [-0.39, 0.29) is 17.7 Å². The average molecular weight is 252 g/mol. The molecule has 0 bridgehead atoms. The first-order chi connectivity index (χ1) is 8.38. The Balaban J connectivity index is 2.40. The van der Waals surface area contributed by atoms with Crippen LogP contribution in [0.3, 0.4) is 0 Å². The normalized spacial score (nSPS) is 30.3. The number of esters is 1. The molecule has 0 N–H and O–H groups in total. The second-order valence-corrected chi connectivity index (χ2v) is 5.02. The molecular formula is C14H17FO3. The lowest BCUT2D eigenvalue weighted by Gasteiger charge is -2.18. The van der Waals surface area contributed by atoms with Gasteiger partial charge in [-0.25, -0.2) is 9.18 Å². The van der Waals surface area contributed by atoms with Crippen LogP contribution in [-0.4, -0.2) is 18.7 Å². The molecule has 0 aromatic heterocycles. The third-order valence-corrected chi connectivity index (χ3v) is 3.73. The summed E-state index contributed by atoms with van der Waals surface area (Å²) in [6.45, 7) is 5.65. The Morgan fingerprint density at radius 2 is 1.89 bits per heavy atom. The number of benzene rings is 1. The lowest BCUT2D eigenvalue weighted by atomic mass is 9.80. The number of carbonyl (C=O) groups is 1. The monoisotopic (exact) mass is 252 g/mol. The molecule has 1 saturated heterocycles. The van der Waals surface area contributed by atoms with Crippen molar-refractivity contribution in [3.63, 3.8) is 0 Å². The molecule has 1 aliphatic rings. The van der Waals surface area contributed by atoms with Crippen molar-refractivity contribution in [3.8, 4) is 0 Å². The first-order valence-corrected chi connectivity index (χ1v) is 5.93. The number of ether oxygens (including phenoxy) is 2. The fraction of sp³-hybridized carbons (Fsp3) is 0.500. The SMILES string of the molecule is COC(=O)C1(C(C)C)OC1(C)c1ccc(F)cc1. The molecule has 1 aliphatic heterocycles. The number of hydrogen-bond donors (Lipinski definition) is 0. The van der Waals surface area contributed by atoms with Crippen LogP contribution in [0.5, 0.6) is 0 Å². The molecule has 0 saturated carbocycles. The molecule has 98 valence electrons. The lowest BCUT2D eigenvalue weighted by Crippen LogP contribution is -2.37. The molecule has 0 amide bonds. The van der Waals surface area contributed by atoms with Crippen LogP contribution in [-0.2, 0) is 19.9 Å². The smallest absolute Gasteiger partial charge is 0.341 e. The Kier molecular flexibility index (Phi) is 2.93. The third-order valence-electron chi connectivity index (χ3n) is 3.73. The molecule has 1 fully saturated rings. The summed E-state index contributed by atoms with van der Waals surface area (Å²) < 4.78 is 23.5.